The van der Waals surface area contributed by atoms with E-state index in [0.717, 1.165) is 17.5 Å². The SMILES string of the molecule is C[C@H]1C[C@H](c2ccccc2N)C(=O)N1[C@H](CO)c1ccccc1. The van der Waals surface area contributed by atoms with Crippen molar-refractivity contribution in [1.29, 1.82) is 0 Å². The Kier molecular flexibility index (Phi) is 4.35. The fourth-order valence-corrected chi connectivity index (χ4v) is 3.53. The van der Waals surface area contributed by atoms with Gasteiger partial charge in [0, 0.05) is 11.7 Å². The molecule has 0 saturated carbocycles. The van der Waals surface area contributed by atoms with E-state index >= 15 is 0 Å². The summed E-state index contributed by atoms with van der Waals surface area (Å²) in [6.45, 7) is 1.94. The number of anilines is 1. The zero-order valence-electron chi connectivity index (χ0n) is 13.2. The van der Waals surface area contributed by atoms with Gasteiger partial charge < -0.3 is 15.7 Å². The number of amides is 1. The van der Waals surface area contributed by atoms with E-state index in [1.54, 1.807) is 0 Å². The zero-order chi connectivity index (χ0) is 16.4. The van der Waals surface area contributed by atoms with Crippen molar-refractivity contribution in [2.24, 2.45) is 0 Å². The first kappa shape index (κ1) is 15.6. The van der Waals surface area contributed by atoms with Gasteiger partial charge in [-0.25, -0.2) is 0 Å². The maximum Gasteiger partial charge on any atom is 0.231 e. The molecule has 0 unspecified atom stereocenters. The fourth-order valence-electron chi connectivity index (χ4n) is 3.53. The van der Waals surface area contributed by atoms with Gasteiger partial charge in [-0.1, -0.05) is 48.5 Å². The molecule has 23 heavy (non-hydrogen) atoms. The van der Waals surface area contributed by atoms with Crippen LogP contribution in [-0.4, -0.2) is 28.6 Å². The first-order valence-electron chi connectivity index (χ1n) is 7.96. The average molecular weight is 310 g/mol. The third-order valence-corrected chi connectivity index (χ3v) is 4.67. The van der Waals surface area contributed by atoms with E-state index in [4.69, 9.17) is 5.73 Å². The van der Waals surface area contributed by atoms with Gasteiger partial charge in [0.15, 0.2) is 0 Å². The highest BCUT2D eigenvalue weighted by molar-refractivity contribution is 5.88. The van der Waals surface area contributed by atoms with Crippen molar-refractivity contribution >= 4 is 11.6 Å². The van der Waals surface area contributed by atoms with E-state index < -0.39 is 0 Å². The first-order valence-corrected chi connectivity index (χ1v) is 7.96. The molecular weight excluding hydrogens is 288 g/mol. The van der Waals surface area contributed by atoms with E-state index in [-0.39, 0.29) is 30.5 Å². The van der Waals surface area contributed by atoms with Crippen molar-refractivity contribution in [2.75, 3.05) is 12.3 Å². The lowest BCUT2D eigenvalue weighted by Gasteiger charge is -2.31. The molecule has 0 spiro atoms. The summed E-state index contributed by atoms with van der Waals surface area (Å²) in [6, 6.07) is 17.0. The summed E-state index contributed by atoms with van der Waals surface area (Å²) < 4.78 is 0. The quantitative estimate of drug-likeness (QED) is 0.853. The molecule has 2 aromatic rings. The van der Waals surface area contributed by atoms with Gasteiger partial charge in [-0.05, 0) is 30.5 Å². The molecule has 120 valence electrons. The zero-order valence-corrected chi connectivity index (χ0v) is 13.2. The first-order chi connectivity index (χ1) is 11.1. The second-order valence-electron chi connectivity index (χ2n) is 6.12. The van der Waals surface area contributed by atoms with Crippen LogP contribution in [0.4, 0.5) is 5.69 Å². The highest BCUT2D eigenvalue weighted by Crippen LogP contribution is 2.39. The number of rotatable bonds is 4. The van der Waals surface area contributed by atoms with Crippen molar-refractivity contribution < 1.29 is 9.90 Å². The number of nitrogens with two attached hydrogens (primary N) is 1. The van der Waals surface area contributed by atoms with Crippen molar-refractivity contribution in [3.8, 4) is 0 Å². The highest BCUT2D eigenvalue weighted by atomic mass is 16.3. The molecule has 4 heteroatoms. The van der Waals surface area contributed by atoms with E-state index in [1.807, 2.05) is 66.4 Å². The maximum atomic E-state index is 13.0. The van der Waals surface area contributed by atoms with Gasteiger partial charge in [0.05, 0.1) is 18.6 Å². The Bertz CT molecular complexity index is 687. The lowest BCUT2D eigenvalue weighted by Crippen LogP contribution is -2.37. The maximum absolute atomic E-state index is 13.0. The molecule has 3 atom stereocenters. The van der Waals surface area contributed by atoms with E-state index in [2.05, 4.69) is 0 Å². The summed E-state index contributed by atoms with van der Waals surface area (Å²) in [6.07, 6.45) is 0.719. The number of aliphatic hydroxyl groups excluding tert-OH is 1. The molecule has 1 aliphatic heterocycles. The normalized spacial score (nSPS) is 22.3. The molecule has 1 fully saturated rings. The van der Waals surface area contributed by atoms with Gasteiger partial charge >= 0.3 is 0 Å². The fraction of sp³-hybridized carbons (Fsp3) is 0.316. The number of carbonyl (C=O) groups excluding carboxylic acids is 1. The van der Waals surface area contributed by atoms with Crippen LogP contribution in [0.5, 0.6) is 0 Å². The lowest BCUT2D eigenvalue weighted by atomic mass is 9.94. The summed E-state index contributed by atoms with van der Waals surface area (Å²) in [5.74, 6) is -0.192. The Labute approximate surface area is 136 Å². The molecule has 1 amide bonds. The third kappa shape index (κ3) is 2.82. The van der Waals surface area contributed by atoms with Crippen molar-refractivity contribution in [3.05, 3.63) is 65.7 Å². The largest absolute Gasteiger partial charge is 0.398 e. The lowest BCUT2D eigenvalue weighted by molar-refractivity contribution is -0.133. The Morgan fingerprint density at radius 1 is 1.17 bits per heavy atom. The van der Waals surface area contributed by atoms with Gasteiger partial charge in [0.2, 0.25) is 5.91 Å². The molecule has 1 heterocycles. The summed E-state index contributed by atoms with van der Waals surface area (Å²) in [4.78, 5) is 14.8. The molecule has 3 rings (SSSR count). The molecule has 0 radical (unpaired) electrons. The van der Waals surface area contributed by atoms with E-state index in [0.29, 0.717) is 5.69 Å². The van der Waals surface area contributed by atoms with Gasteiger partial charge in [0.1, 0.15) is 0 Å². The van der Waals surface area contributed by atoms with Crippen LogP contribution in [0.1, 0.15) is 36.4 Å². The standard InChI is InChI=1S/C19H22N2O2/c1-13-11-16(15-9-5-6-10-17(15)20)19(23)21(13)18(12-22)14-7-3-2-4-8-14/h2-10,13,16,18,22H,11-12,20H2,1H3/t13-,16+,18+/m0/s1. The van der Waals surface area contributed by atoms with Gasteiger partial charge in [-0.3, -0.25) is 4.79 Å². The van der Waals surface area contributed by atoms with E-state index in [9.17, 15) is 9.90 Å². The summed E-state index contributed by atoms with van der Waals surface area (Å²) in [5, 5.41) is 9.87. The number of likely N-dealkylation sites (tertiary alicyclic amines) is 1. The topological polar surface area (TPSA) is 66.6 Å². The highest BCUT2D eigenvalue weighted by Gasteiger charge is 2.42. The molecule has 1 aliphatic rings. The smallest absolute Gasteiger partial charge is 0.231 e. The number of hydrogen-bond acceptors (Lipinski definition) is 3. The molecular formula is C19H22N2O2. The predicted molar refractivity (Wildman–Crippen MR) is 90.8 cm³/mol. The minimum absolute atomic E-state index is 0.0401. The molecule has 0 bridgehead atoms. The Morgan fingerprint density at radius 3 is 2.48 bits per heavy atom. The number of carbonyl (C=O) groups is 1. The van der Waals surface area contributed by atoms with Gasteiger partial charge in [-0.15, -0.1) is 0 Å². The van der Waals surface area contributed by atoms with Crippen molar-refractivity contribution in [1.82, 2.24) is 4.90 Å². The average Bonchev–Trinajstić information content (AvgIpc) is 2.85. The minimum atomic E-state index is -0.311. The molecule has 1 saturated heterocycles. The molecule has 0 aliphatic carbocycles. The molecule has 2 aromatic carbocycles. The minimum Gasteiger partial charge on any atom is -0.398 e. The van der Waals surface area contributed by atoms with E-state index in [1.165, 1.54) is 0 Å². The van der Waals surface area contributed by atoms with Crippen LogP contribution in [0.3, 0.4) is 0 Å². The number of nitrogen functional groups attached to an aromatic ring is 1. The number of hydrogen-bond donors (Lipinski definition) is 2. The second kappa shape index (κ2) is 6.42. The monoisotopic (exact) mass is 310 g/mol. The van der Waals surface area contributed by atoms with Crippen molar-refractivity contribution in [2.45, 2.75) is 31.3 Å². The van der Waals surface area contributed by atoms with Crippen LogP contribution in [0.2, 0.25) is 0 Å². The Morgan fingerprint density at radius 2 is 1.83 bits per heavy atom. The predicted octanol–water partition coefficient (Wildman–Crippen LogP) is 2.71. The number of para-hydroxylation sites is 1. The number of aliphatic hydroxyl groups is 1. The molecule has 4 nitrogen and oxygen atoms in total. The van der Waals surface area contributed by atoms with Crippen LogP contribution in [0, 0.1) is 0 Å². The van der Waals surface area contributed by atoms with Crippen LogP contribution >= 0.6 is 0 Å². The Hall–Kier alpha value is -2.33. The Balaban J connectivity index is 1.92. The van der Waals surface area contributed by atoms with Crippen LogP contribution in [0.25, 0.3) is 0 Å². The summed E-state index contributed by atoms with van der Waals surface area (Å²) in [7, 11) is 0. The molecule has 0 aromatic heterocycles. The van der Waals surface area contributed by atoms with Crippen LogP contribution in [-0.2, 0) is 4.79 Å². The van der Waals surface area contributed by atoms with Crippen LogP contribution < -0.4 is 5.73 Å². The second-order valence-corrected chi connectivity index (χ2v) is 6.12. The molecule has 3 N–H and O–H groups in total. The van der Waals surface area contributed by atoms with Gasteiger partial charge in [-0.2, -0.15) is 0 Å². The number of benzene rings is 2. The number of nitrogens with zero attached hydrogens (tertiary/aromatic N) is 1. The summed E-state index contributed by atoms with van der Waals surface area (Å²) in [5.41, 5.74) is 8.55. The van der Waals surface area contributed by atoms with Crippen LogP contribution in [0.15, 0.2) is 54.6 Å². The van der Waals surface area contributed by atoms with Crippen molar-refractivity contribution in [3.63, 3.8) is 0 Å². The third-order valence-electron chi connectivity index (χ3n) is 4.67. The van der Waals surface area contributed by atoms with Gasteiger partial charge in [0.25, 0.3) is 0 Å². The summed E-state index contributed by atoms with van der Waals surface area (Å²) >= 11 is 0.